The minimum absolute atomic E-state index is 0.0634. The molecule has 12 nitrogen and oxygen atoms in total. The van der Waals surface area contributed by atoms with Gasteiger partial charge in [0.2, 0.25) is 5.88 Å². The molecule has 0 unspecified atom stereocenters. The second kappa shape index (κ2) is 17.6. The van der Waals surface area contributed by atoms with Crippen molar-refractivity contribution >= 4 is 17.9 Å². The van der Waals surface area contributed by atoms with Crippen LogP contribution in [-0.2, 0) is 34.0 Å². The van der Waals surface area contributed by atoms with Crippen molar-refractivity contribution in [3.8, 4) is 17.3 Å². The lowest BCUT2D eigenvalue weighted by Crippen LogP contribution is -2.44. The summed E-state index contributed by atoms with van der Waals surface area (Å²) >= 11 is 0. The van der Waals surface area contributed by atoms with Crippen molar-refractivity contribution in [1.29, 1.82) is 0 Å². The van der Waals surface area contributed by atoms with E-state index in [4.69, 9.17) is 18.9 Å². The highest BCUT2D eigenvalue weighted by Crippen LogP contribution is 2.30. The van der Waals surface area contributed by atoms with Gasteiger partial charge in [-0.2, -0.15) is 0 Å². The number of alkyl carbamates (subject to hydrolysis) is 1. The third-order valence-corrected chi connectivity index (χ3v) is 6.98. The number of ether oxygens (including phenoxy) is 5. The summed E-state index contributed by atoms with van der Waals surface area (Å²) in [5.41, 5.74) is 1.94. The predicted molar refractivity (Wildman–Crippen MR) is 183 cm³/mol. The molecule has 0 aliphatic heterocycles. The minimum Gasteiger partial charge on any atom is -0.474 e. The minimum atomic E-state index is -4.93. The van der Waals surface area contributed by atoms with Crippen LogP contribution in [0.1, 0.15) is 43.0 Å². The van der Waals surface area contributed by atoms with Crippen molar-refractivity contribution in [3.05, 3.63) is 101 Å². The van der Waals surface area contributed by atoms with Crippen LogP contribution in [-0.4, -0.2) is 60.2 Å². The van der Waals surface area contributed by atoms with E-state index in [2.05, 4.69) is 25.8 Å². The van der Waals surface area contributed by atoms with E-state index >= 15 is 0 Å². The highest BCUT2D eigenvalue weighted by molar-refractivity contribution is 5.89. The molecule has 1 atom stereocenters. The molecule has 51 heavy (non-hydrogen) atoms. The van der Waals surface area contributed by atoms with Crippen molar-refractivity contribution in [2.45, 2.75) is 65.5 Å². The molecule has 0 aliphatic carbocycles. The smallest absolute Gasteiger partial charge is 0.474 e. The van der Waals surface area contributed by atoms with Crippen molar-refractivity contribution in [2.75, 3.05) is 25.6 Å². The van der Waals surface area contributed by atoms with Gasteiger partial charge in [0.1, 0.15) is 23.8 Å². The third kappa shape index (κ3) is 12.5. The summed E-state index contributed by atoms with van der Waals surface area (Å²) in [6.07, 6.45) is -5.58. The van der Waals surface area contributed by atoms with Crippen LogP contribution in [0, 0.1) is 6.92 Å². The molecule has 274 valence electrons. The number of carbonyl (C=O) groups excluding carboxylic acids is 2. The molecule has 0 bridgehead atoms. The van der Waals surface area contributed by atoms with E-state index in [1.54, 1.807) is 52.0 Å². The van der Waals surface area contributed by atoms with Gasteiger partial charge in [0.05, 0.1) is 37.1 Å². The summed E-state index contributed by atoms with van der Waals surface area (Å²) in [5, 5.41) is 12.7. The van der Waals surface area contributed by atoms with Gasteiger partial charge in [-0.3, -0.25) is 5.32 Å². The number of para-hydroxylation sites is 1. The van der Waals surface area contributed by atoms with Gasteiger partial charge < -0.3 is 34.3 Å². The molecule has 1 aromatic heterocycles. The molecular formula is C36H42F3N5O7. The van der Waals surface area contributed by atoms with E-state index in [0.29, 0.717) is 23.4 Å². The SMILES string of the molecule is COCc1ccc(OC(F)(F)F)c(CNC(=O)Nc2c(C)c(OC[C@@H](COCc3ccccc3)NC(=O)OC(C)(C)C)nn2-c2ccccc2)c1. The van der Waals surface area contributed by atoms with Crippen LogP contribution in [0.4, 0.5) is 28.6 Å². The largest absolute Gasteiger partial charge is 0.573 e. The average molecular weight is 714 g/mol. The van der Waals surface area contributed by atoms with E-state index in [0.717, 1.165) is 5.56 Å². The molecule has 0 spiro atoms. The number of alkyl halides is 3. The van der Waals surface area contributed by atoms with Gasteiger partial charge >= 0.3 is 18.5 Å². The Kier molecular flexibility index (Phi) is 13.3. The first kappa shape index (κ1) is 38.5. The van der Waals surface area contributed by atoms with Gasteiger partial charge in [0.15, 0.2) is 0 Å². The van der Waals surface area contributed by atoms with Gasteiger partial charge in [-0.05, 0) is 63.1 Å². The fourth-order valence-electron chi connectivity index (χ4n) is 4.77. The molecule has 0 fully saturated rings. The van der Waals surface area contributed by atoms with Crippen LogP contribution >= 0.6 is 0 Å². The molecule has 0 saturated heterocycles. The summed E-state index contributed by atoms with van der Waals surface area (Å²) in [5.74, 6) is -0.0574. The van der Waals surface area contributed by atoms with Gasteiger partial charge in [-0.1, -0.05) is 54.6 Å². The molecule has 0 radical (unpaired) electrons. The number of anilines is 1. The first-order valence-corrected chi connectivity index (χ1v) is 16.0. The molecule has 3 N–H and O–H groups in total. The zero-order valence-electron chi connectivity index (χ0n) is 29.0. The molecule has 0 saturated carbocycles. The zero-order chi connectivity index (χ0) is 37.0. The van der Waals surface area contributed by atoms with Gasteiger partial charge in [0.25, 0.3) is 0 Å². The Balaban J connectivity index is 1.51. The highest BCUT2D eigenvalue weighted by atomic mass is 19.4. The highest BCUT2D eigenvalue weighted by Gasteiger charge is 2.32. The Labute approximate surface area is 294 Å². The number of urea groups is 1. The van der Waals surface area contributed by atoms with Crippen molar-refractivity contribution in [3.63, 3.8) is 0 Å². The number of rotatable bonds is 15. The number of aromatic nitrogens is 2. The summed E-state index contributed by atoms with van der Waals surface area (Å²) < 4.78 is 67.4. The lowest BCUT2D eigenvalue weighted by Gasteiger charge is -2.23. The standard InChI is InChI=1S/C36H42F3N5O7/c1-24-31(42-33(45)40-19-27-18-26(20-47-5)16-17-30(27)50-36(37,38)39)44(29-14-10-7-11-15-29)43-32(24)49-23-28(41-34(46)51-35(2,3)4)22-48-21-25-12-8-6-9-13-25/h6-18,28H,19-23H2,1-5H3,(H,41,46)(H2,40,42,45)/t28-/m1/s1. The average Bonchev–Trinajstić information content (AvgIpc) is 3.37. The van der Waals surface area contributed by atoms with Crippen LogP contribution in [0.2, 0.25) is 0 Å². The van der Waals surface area contributed by atoms with Gasteiger partial charge in [-0.25, -0.2) is 14.3 Å². The lowest BCUT2D eigenvalue weighted by molar-refractivity contribution is -0.274. The molecule has 15 heteroatoms. The first-order chi connectivity index (χ1) is 24.2. The van der Waals surface area contributed by atoms with Crippen molar-refractivity contribution in [2.24, 2.45) is 0 Å². The Morgan fingerprint density at radius 3 is 2.24 bits per heavy atom. The second-order valence-electron chi connectivity index (χ2n) is 12.4. The van der Waals surface area contributed by atoms with E-state index in [9.17, 15) is 22.8 Å². The topological polar surface area (TPSA) is 134 Å². The molecule has 0 aliphatic rings. The molecule has 3 aromatic carbocycles. The lowest BCUT2D eigenvalue weighted by atomic mass is 10.1. The number of methoxy groups -OCH3 is 1. The maximum absolute atomic E-state index is 13.2. The predicted octanol–water partition coefficient (Wildman–Crippen LogP) is 7.04. The number of nitrogens with zero attached hydrogens (tertiary/aromatic N) is 2. The van der Waals surface area contributed by atoms with Crippen LogP contribution < -0.4 is 25.4 Å². The van der Waals surface area contributed by atoms with Crippen LogP contribution in [0.5, 0.6) is 11.6 Å². The number of hydrogen-bond donors (Lipinski definition) is 3. The Morgan fingerprint density at radius 1 is 0.902 bits per heavy atom. The summed E-state index contributed by atoms with van der Waals surface area (Å²) in [7, 11) is 1.46. The molecule has 4 rings (SSSR count). The number of nitrogens with one attached hydrogen (secondary N) is 3. The Bertz CT molecular complexity index is 1730. The maximum Gasteiger partial charge on any atom is 0.573 e. The van der Waals surface area contributed by atoms with Crippen LogP contribution in [0.25, 0.3) is 5.69 Å². The van der Waals surface area contributed by atoms with Crippen molar-refractivity contribution in [1.82, 2.24) is 20.4 Å². The maximum atomic E-state index is 13.2. The van der Waals surface area contributed by atoms with E-state index in [1.165, 1.54) is 30.0 Å². The number of amides is 3. The van der Waals surface area contributed by atoms with E-state index in [1.807, 2.05) is 36.4 Å². The molecule has 4 aromatic rings. The summed E-state index contributed by atoms with van der Waals surface area (Å²) in [6, 6.07) is 21.2. The zero-order valence-corrected chi connectivity index (χ0v) is 29.0. The normalized spacial score (nSPS) is 12.2. The van der Waals surface area contributed by atoms with Crippen LogP contribution in [0.3, 0.4) is 0 Å². The molecule has 1 heterocycles. The number of hydrogen-bond acceptors (Lipinski definition) is 8. The number of carbonyl (C=O) groups is 2. The van der Waals surface area contributed by atoms with Crippen LogP contribution in [0.15, 0.2) is 78.9 Å². The van der Waals surface area contributed by atoms with E-state index < -0.39 is 35.9 Å². The Morgan fingerprint density at radius 2 is 1.59 bits per heavy atom. The molecular weight excluding hydrogens is 671 g/mol. The number of halogens is 3. The fourth-order valence-corrected chi connectivity index (χ4v) is 4.77. The molecule has 3 amide bonds. The number of benzene rings is 3. The Hall–Kier alpha value is -5.28. The van der Waals surface area contributed by atoms with Gasteiger partial charge in [-0.15, -0.1) is 18.3 Å². The monoisotopic (exact) mass is 713 g/mol. The van der Waals surface area contributed by atoms with Gasteiger partial charge in [0, 0.05) is 19.2 Å². The summed E-state index contributed by atoms with van der Waals surface area (Å²) in [4.78, 5) is 25.9. The van der Waals surface area contributed by atoms with E-state index in [-0.39, 0.29) is 43.6 Å². The van der Waals surface area contributed by atoms with Crippen molar-refractivity contribution < 1.29 is 46.4 Å². The summed E-state index contributed by atoms with van der Waals surface area (Å²) in [6.45, 7) is 7.13. The first-order valence-electron chi connectivity index (χ1n) is 16.0. The third-order valence-electron chi connectivity index (χ3n) is 6.98. The second-order valence-corrected chi connectivity index (χ2v) is 12.4. The fraction of sp³-hybridized carbons (Fsp3) is 0.361. The quantitative estimate of drug-likeness (QED) is 0.120.